The number of aryl methyl sites for hydroxylation is 1. The van der Waals surface area contributed by atoms with Gasteiger partial charge in [-0.25, -0.2) is 0 Å². The van der Waals surface area contributed by atoms with E-state index in [2.05, 4.69) is 0 Å². The van der Waals surface area contributed by atoms with Crippen molar-refractivity contribution >= 4 is 12.0 Å². The van der Waals surface area contributed by atoms with Crippen molar-refractivity contribution in [2.45, 2.75) is 13.5 Å². The number of methoxy groups -OCH3 is 1. The van der Waals surface area contributed by atoms with Gasteiger partial charge in [0.15, 0.2) is 0 Å². The maximum Gasteiger partial charge on any atom is 0.246 e. The molecule has 0 saturated carbocycles. The van der Waals surface area contributed by atoms with Crippen LogP contribution in [0.25, 0.3) is 6.08 Å². The number of nitrogens with zero attached hydrogens (tertiary/aromatic N) is 1. The van der Waals surface area contributed by atoms with Crippen LogP contribution in [-0.2, 0) is 11.3 Å². The van der Waals surface area contributed by atoms with E-state index in [0.29, 0.717) is 6.54 Å². The molecule has 0 aliphatic heterocycles. The van der Waals surface area contributed by atoms with E-state index in [1.54, 1.807) is 25.1 Å². The van der Waals surface area contributed by atoms with Crippen LogP contribution >= 0.6 is 0 Å². The molecule has 0 aliphatic carbocycles. The molecule has 0 atom stereocenters. The Hall–Kier alpha value is -2.55. The summed E-state index contributed by atoms with van der Waals surface area (Å²) >= 11 is 0. The molecule has 0 spiro atoms. The molecule has 3 nitrogen and oxygen atoms in total. The molecule has 22 heavy (non-hydrogen) atoms. The third-order valence-corrected chi connectivity index (χ3v) is 3.47. The molecular weight excluding hydrogens is 274 g/mol. The van der Waals surface area contributed by atoms with Crippen molar-refractivity contribution in [2.24, 2.45) is 0 Å². The van der Waals surface area contributed by atoms with E-state index in [-0.39, 0.29) is 5.91 Å². The largest absolute Gasteiger partial charge is 0.496 e. The highest BCUT2D eigenvalue weighted by Crippen LogP contribution is 2.18. The van der Waals surface area contributed by atoms with Crippen LogP contribution in [0.3, 0.4) is 0 Å². The summed E-state index contributed by atoms with van der Waals surface area (Å²) in [5, 5.41) is 0. The Balaban J connectivity index is 2.01. The van der Waals surface area contributed by atoms with Gasteiger partial charge in [-0.1, -0.05) is 48.0 Å². The van der Waals surface area contributed by atoms with Gasteiger partial charge in [-0.2, -0.15) is 0 Å². The van der Waals surface area contributed by atoms with E-state index in [1.807, 2.05) is 61.5 Å². The van der Waals surface area contributed by atoms with E-state index >= 15 is 0 Å². The Morgan fingerprint density at radius 1 is 1.14 bits per heavy atom. The fraction of sp³-hybridized carbons (Fsp3) is 0.211. The summed E-state index contributed by atoms with van der Waals surface area (Å²) in [6.45, 7) is 2.56. The summed E-state index contributed by atoms with van der Waals surface area (Å²) in [7, 11) is 3.42. The van der Waals surface area contributed by atoms with Gasteiger partial charge in [0.2, 0.25) is 5.91 Å². The molecule has 3 heteroatoms. The second kappa shape index (κ2) is 7.46. The van der Waals surface area contributed by atoms with Crippen LogP contribution in [0.1, 0.15) is 16.7 Å². The minimum Gasteiger partial charge on any atom is -0.496 e. The van der Waals surface area contributed by atoms with Crippen molar-refractivity contribution in [1.82, 2.24) is 4.90 Å². The number of likely N-dealkylation sites (N-methyl/N-ethyl adjacent to an activating group) is 1. The fourth-order valence-corrected chi connectivity index (χ4v) is 2.14. The van der Waals surface area contributed by atoms with Crippen LogP contribution in [0.2, 0.25) is 0 Å². The van der Waals surface area contributed by atoms with Crippen LogP contribution in [0.15, 0.2) is 54.6 Å². The SMILES string of the molecule is COc1ccccc1CN(C)C(=O)/C=C/c1ccc(C)cc1. The zero-order chi connectivity index (χ0) is 15.9. The molecule has 0 radical (unpaired) electrons. The molecule has 114 valence electrons. The molecular formula is C19H21NO2. The van der Waals surface area contributed by atoms with Crippen molar-refractivity contribution in [1.29, 1.82) is 0 Å². The number of carbonyl (C=O) groups excluding carboxylic acids is 1. The highest BCUT2D eigenvalue weighted by Gasteiger charge is 2.09. The Morgan fingerprint density at radius 2 is 1.82 bits per heavy atom. The van der Waals surface area contributed by atoms with Crippen molar-refractivity contribution in [3.8, 4) is 5.75 Å². The molecule has 0 heterocycles. The minimum atomic E-state index is -0.0357. The Bertz CT molecular complexity index is 659. The van der Waals surface area contributed by atoms with Crippen molar-refractivity contribution in [3.05, 3.63) is 71.3 Å². The Labute approximate surface area is 131 Å². The predicted octanol–water partition coefficient (Wildman–Crippen LogP) is 3.68. The van der Waals surface area contributed by atoms with Crippen LogP contribution < -0.4 is 4.74 Å². The van der Waals surface area contributed by atoms with Gasteiger partial charge in [0, 0.05) is 25.2 Å². The van der Waals surface area contributed by atoms with Crippen LogP contribution in [0, 0.1) is 6.92 Å². The number of hydrogen-bond donors (Lipinski definition) is 0. The van der Waals surface area contributed by atoms with Crippen LogP contribution in [0.5, 0.6) is 5.75 Å². The van der Waals surface area contributed by atoms with Gasteiger partial charge in [0.25, 0.3) is 0 Å². The molecule has 0 aliphatic rings. The van der Waals surface area contributed by atoms with Crippen molar-refractivity contribution < 1.29 is 9.53 Å². The molecule has 0 bridgehead atoms. The first kappa shape index (κ1) is 15.8. The Kier molecular flexibility index (Phi) is 5.37. The highest BCUT2D eigenvalue weighted by atomic mass is 16.5. The smallest absolute Gasteiger partial charge is 0.246 e. The first-order valence-electron chi connectivity index (χ1n) is 7.22. The van der Waals surface area contributed by atoms with Gasteiger partial charge >= 0.3 is 0 Å². The number of amides is 1. The maximum atomic E-state index is 12.2. The standard InChI is InChI=1S/C19H21NO2/c1-15-8-10-16(11-9-15)12-13-19(21)20(2)14-17-6-4-5-7-18(17)22-3/h4-13H,14H2,1-3H3/b13-12+. The van der Waals surface area contributed by atoms with E-state index < -0.39 is 0 Å². The average molecular weight is 295 g/mol. The van der Waals surface area contributed by atoms with E-state index in [0.717, 1.165) is 16.9 Å². The maximum absolute atomic E-state index is 12.2. The lowest BCUT2D eigenvalue weighted by Gasteiger charge is -2.17. The monoisotopic (exact) mass is 295 g/mol. The number of benzene rings is 2. The molecule has 2 aromatic rings. The van der Waals surface area contributed by atoms with Crippen LogP contribution in [-0.4, -0.2) is 25.0 Å². The number of ether oxygens (including phenoxy) is 1. The number of carbonyl (C=O) groups is 1. The topological polar surface area (TPSA) is 29.5 Å². The highest BCUT2D eigenvalue weighted by molar-refractivity contribution is 5.91. The van der Waals surface area contributed by atoms with Gasteiger partial charge in [0.1, 0.15) is 5.75 Å². The molecule has 0 fully saturated rings. The lowest BCUT2D eigenvalue weighted by atomic mass is 10.1. The Morgan fingerprint density at radius 3 is 2.50 bits per heavy atom. The first-order valence-corrected chi connectivity index (χ1v) is 7.22. The lowest BCUT2D eigenvalue weighted by Crippen LogP contribution is -2.24. The number of hydrogen-bond acceptors (Lipinski definition) is 2. The summed E-state index contributed by atoms with van der Waals surface area (Å²) in [5.41, 5.74) is 3.21. The van der Waals surface area contributed by atoms with Gasteiger partial charge in [-0.05, 0) is 24.6 Å². The minimum absolute atomic E-state index is 0.0357. The average Bonchev–Trinajstić information content (AvgIpc) is 2.54. The number of para-hydroxylation sites is 1. The molecule has 0 saturated heterocycles. The van der Waals surface area contributed by atoms with Gasteiger partial charge in [0.05, 0.1) is 7.11 Å². The predicted molar refractivity (Wildman–Crippen MR) is 89.7 cm³/mol. The van der Waals surface area contributed by atoms with Crippen LogP contribution in [0.4, 0.5) is 0 Å². The molecule has 1 amide bonds. The lowest BCUT2D eigenvalue weighted by molar-refractivity contribution is -0.125. The van der Waals surface area contributed by atoms with Gasteiger partial charge < -0.3 is 9.64 Å². The molecule has 2 rings (SSSR count). The summed E-state index contributed by atoms with van der Waals surface area (Å²) in [4.78, 5) is 13.9. The molecule has 2 aromatic carbocycles. The quantitative estimate of drug-likeness (QED) is 0.788. The first-order chi connectivity index (χ1) is 10.6. The van der Waals surface area contributed by atoms with Crippen molar-refractivity contribution in [3.63, 3.8) is 0 Å². The number of rotatable bonds is 5. The van der Waals surface area contributed by atoms with Gasteiger partial charge in [-0.15, -0.1) is 0 Å². The zero-order valence-electron chi connectivity index (χ0n) is 13.2. The fourth-order valence-electron chi connectivity index (χ4n) is 2.14. The third kappa shape index (κ3) is 4.22. The van der Waals surface area contributed by atoms with E-state index in [9.17, 15) is 4.79 Å². The third-order valence-electron chi connectivity index (χ3n) is 3.47. The molecule has 0 unspecified atom stereocenters. The van der Waals surface area contributed by atoms with E-state index in [4.69, 9.17) is 4.74 Å². The van der Waals surface area contributed by atoms with Crippen molar-refractivity contribution in [2.75, 3.05) is 14.2 Å². The summed E-state index contributed by atoms with van der Waals surface area (Å²) in [6, 6.07) is 15.8. The van der Waals surface area contributed by atoms with E-state index in [1.165, 1.54) is 5.56 Å². The summed E-state index contributed by atoms with van der Waals surface area (Å²) in [6.07, 6.45) is 3.43. The summed E-state index contributed by atoms with van der Waals surface area (Å²) in [5.74, 6) is 0.760. The zero-order valence-corrected chi connectivity index (χ0v) is 13.2. The molecule has 0 N–H and O–H groups in total. The molecule has 0 aromatic heterocycles. The second-order valence-electron chi connectivity index (χ2n) is 5.25. The van der Waals surface area contributed by atoms with Gasteiger partial charge in [-0.3, -0.25) is 4.79 Å². The summed E-state index contributed by atoms with van der Waals surface area (Å²) < 4.78 is 5.31. The normalized spacial score (nSPS) is 10.7. The second-order valence-corrected chi connectivity index (χ2v) is 5.25.